The molecule has 1 heterocycles. The van der Waals surface area contributed by atoms with Crippen LogP contribution in [0, 0.1) is 11.3 Å². The molecule has 14 heavy (non-hydrogen) atoms. The Balaban J connectivity index is 3.30. The highest BCUT2D eigenvalue weighted by molar-refractivity contribution is 5.14. The fourth-order valence-corrected chi connectivity index (χ4v) is 0.953. The van der Waals surface area contributed by atoms with Gasteiger partial charge in [0.1, 0.15) is 12.1 Å². The Morgan fingerprint density at radius 1 is 1.50 bits per heavy atom. The Labute approximate surface area is 77.0 Å². The maximum atomic E-state index is 12.2. The molecule has 0 saturated heterocycles. The summed E-state index contributed by atoms with van der Waals surface area (Å²) in [4.78, 5) is 11.1. The van der Waals surface area contributed by atoms with Crippen molar-refractivity contribution in [2.75, 3.05) is 0 Å². The fourth-order valence-electron chi connectivity index (χ4n) is 0.953. The Morgan fingerprint density at radius 2 is 2.14 bits per heavy atom. The number of nitrogens with zero attached hydrogens (tertiary/aromatic N) is 2. The van der Waals surface area contributed by atoms with E-state index in [4.69, 9.17) is 5.26 Å². The van der Waals surface area contributed by atoms with Crippen LogP contribution in [-0.4, -0.2) is 4.57 Å². The number of pyridine rings is 1. The first-order chi connectivity index (χ1) is 6.46. The van der Waals surface area contributed by atoms with Crippen molar-refractivity contribution in [3.63, 3.8) is 0 Å². The predicted molar refractivity (Wildman–Crippen MR) is 41.3 cm³/mol. The van der Waals surface area contributed by atoms with Crippen LogP contribution in [0.25, 0.3) is 0 Å². The molecule has 0 spiro atoms. The number of alkyl halides is 3. The van der Waals surface area contributed by atoms with E-state index in [9.17, 15) is 18.0 Å². The lowest BCUT2D eigenvalue weighted by atomic mass is 10.2. The van der Waals surface area contributed by atoms with E-state index in [-0.39, 0.29) is 6.54 Å². The van der Waals surface area contributed by atoms with Crippen LogP contribution in [0.1, 0.15) is 5.56 Å². The molecular weight excluding hydrogens is 197 g/mol. The molecule has 0 radical (unpaired) electrons. The minimum absolute atomic E-state index is 0.386. The molecule has 0 aliphatic rings. The second-order valence-corrected chi connectivity index (χ2v) is 2.51. The van der Waals surface area contributed by atoms with Crippen LogP contribution < -0.4 is 5.56 Å². The number of hydrogen-bond acceptors (Lipinski definition) is 2. The van der Waals surface area contributed by atoms with Gasteiger partial charge in [0.2, 0.25) is 0 Å². The van der Waals surface area contributed by atoms with Crippen LogP contribution in [0.3, 0.4) is 0 Å². The van der Waals surface area contributed by atoms with Gasteiger partial charge in [-0.1, -0.05) is 0 Å². The molecule has 0 atom stereocenters. The summed E-state index contributed by atoms with van der Waals surface area (Å²) in [5, 5.41) is 8.25. The zero-order chi connectivity index (χ0) is 10.8. The van der Waals surface area contributed by atoms with Gasteiger partial charge in [0.25, 0.3) is 5.56 Å². The SMILES string of the molecule is N#CCn1cccc(C(F)(F)F)c1=O. The van der Waals surface area contributed by atoms with Crippen LogP contribution in [0.4, 0.5) is 13.2 Å². The van der Waals surface area contributed by atoms with Gasteiger partial charge in [0.05, 0.1) is 6.07 Å². The van der Waals surface area contributed by atoms with Crippen molar-refractivity contribution in [2.45, 2.75) is 12.7 Å². The Hall–Kier alpha value is -1.77. The molecule has 0 aliphatic heterocycles. The lowest BCUT2D eigenvalue weighted by molar-refractivity contribution is -0.138. The predicted octanol–water partition coefficient (Wildman–Crippen LogP) is 1.39. The molecule has 1 aromatic heterocycles. The third-order valence-electron chi connectivity index (χ3n) is 1.57. The Bertz CT molecular complexity index is 427. The summed E-state index contributed by atoms with van der Waals surface area (Å²) < 4.78 is 37.2. The maximum Gasteiger partial charge on any atom is 0.421 e. The van der Waals surface area contributed by atoms with Gasteiger partial charge in [0, 0.05) is 6.20 Å². The van der Waals surface area contributed by atoms with E-state index < -0.39 is 17.3 Å². The molecule has 3 nitrogen and oxygen atoms in total. The van der Waals surface area contributed by atoms with Gasteiger partial charge in [-0.15, -0.1) is 0 Å². The molecule has 0 N–H and O–H groups in total. The lowest BCUT2D eigenvalue weighted by Gasteiger charge is -2.07. The molecule has 0 saturated carbocycles. The van der Waals surface area contributed by atoms with E-state index in [2.05, 4.69) is 0 Å². The molecule has 6 heteroatoms. The van der Waals surface area contributed by atoms with Gasteiger partial charge in [0.15, 0.2) is 0 Å². The number of rotatable bonds is 1. The van der Waals surface area contributed by atoms with Crippen molar-refractivity contribution in [1.82, 2.24) is 4.57 Å². The van der Waals surface area contributed by atoms with Gasteiger partial charge in [-0.2, -0.15) is 18.4 Å². The van der Waals surface area contributed by atoms with Crippen molar-refractivity contribution in [3.05, 3.63) is 34.2 Å². The molecular formula is C8H5F3N2O. The molecule has 0 fully saturated rings. The average molecular weight is 202 g/mol. The molecule has 74 valence electrons. The van der Waals surface area contributed by atoms with Gasteiger partial charge in [-0.3, -0.25) is 4.79 Å². The summed E-state index contributed by atoms with van der Waals surface area (Å²) in [5.41, 5.74) is -2.45. The van der Waals surface area contributed by atoms with E-state index in [0.29, 0.717) is 10.6 Å². The van der Waals surface area contributed by atoms with Crippen molar-refractivity contribution < 1.29 is 13.2 Å². The molecule has 0 amide bonds. The summed E-state index contributed by atoms with van der Waals surface area (Å²) >= 11 is 0. The summed E-state index contributed by atoms with van der Waals surface area (Å²) in [6.45, 7) is -0.386. The van der Waals surface area contributed by atoms with Crippen LogP contribution in [-0.2, 0) is 12.7 Å². The smallest absolute Gasteiger partial charge is 0.301 e. The quantitative estimate of drug-likeness (QED) is 0.690. The molecule has 1 aromatic rings. The highest BCUT2D eigenvalue weighted by Gasteiger charge is 2.34. The summed E-state index contributed by atoms with van der Waals surface area (Å²) in [7, 11) is 0. The normalized spacial score (nSPS) is 11.0. The van der Waals surface area contributed by atoms with E-state index in [0.717, 1.165) is 12.3 Å². The van der Waals surface area contributed by atoms with Crippen LogP contribution in [0.15, 0.2) is 23.1 Å². The third-order valence-corrected chi connectivity index (χ3v) is 1.57. The summed E-state index contributed by atoms with van der Waals surface area (Å²) in [5.74, 6) is 0. The maximum absolute atomic E-state index is 12.2. The zero-order valence-electron chi connectivity index (χ0n) is 6.88. The van der Waals surface area contributed by atoms with Crippen LogP contribution >= 0.6 is 0 Å². The Morgan fingerprint density at radius 3 is 2.64 bits per heavy atom. The average Bonchev–Trinajstić information content (AvgIpc) is 2.07. The van der Waals surface area contributed by atoms with Crippen LogP contribution in [0.5, 0.6) is 0 Å². The Kier molecular flexibility index (Phi) is 2.60. The lowest BCUT2D eigenvalue weighted by Crippen LogP contribution is -2.27. The van der Waals surface area contributed by atoms with E-state index in [1.165, 1.54) is 0 Å². The molecule has 0 aromatic carbocycles. The van der Waals surface area contributed by atoms with Gasteiger partial charge in [-0.25, -0.2) is 0 Å². The summed E-state index contributed by atoms with van der Waals surface area (Å²) in [6, 6.07) is 3.37. The second-order valence-electron chi connectivity index (χ2n) is 2.51. The molecule has 0 bridgehead atoms. The second kappa shape index (κ2) is 3.54. The first kappa shape index (κ1) is 10.3. The van der Waals surface area contributed by atoms with E-state index >= 15 is 0 Å². The van der Waals surface area contributed by atoms with Crippen molar-refractivity contribution in [1.29, 1.82) is 5.26 Å². The largest absolute Gasteiger partial charge is 0.421 e. The van der Waals surface area contributed by atoms with E-state index in [1.54, 1.807) is 6.07 Å². The third kappa shape index (κ3) is 1.93. The highest BCUT2D eigenvalue weighted by atomic mass is 19.4. The number of aromatic nitrogens is 1. The van der Waals surface area contributed by atoms with Crippen LogP contribution in [0.2, 0.25) is 0 Å². The number of hydrogen-bond donors (Lipinski definition) is 0. The fraction of sp³-hybridized carbons (Fsp3) is 0.250. The minimum atomic E-state index is -4.67. The number of nitriles is 1. The first-order valence-electron chi connectivity index (χ1n) is 3.60. The topological polar surface area (TPSA) is 45.8 Å². The van der Waals surface area contributed by atoms with Gasteiger partial charge < -0.3 is 4.57 Å². The first-order valence-corrected chi connectivity index (χ1v) is 3.60. The molecule has 1 rings (SSSR count). The zero-order valence-corrected chi connectivity index (χ0v) is 6.88. The minimum Gasteiger partial charge on any atom is -0.301 e. The summed E-state index contributed by atoms with van der Waals surface area (Å²) in [6.07, 6.45) is -3.53. The highest BCUT2D eigenvalue weighted by Crippen LogP contribution is 2.25. The van der Waals surface area contributed by atoms with Crippen molar-refractivity contribution in [2.24, 2.45) is 0 Å². The molecule has 0 unspecified atom stereocenters. The number of halogens is 3. The van der Waals surface area contributed by atoms with Crippen molar-refractivity contribution >= 4 is 0 Å². The molecule has 0 aliphatic carbocycles. The van der Waals surface area contributed by atoms with Gasteiger partial charge >= 0.3 is 6.18 Å². The van der Waals surface area contributed by atoms with Gasteiger partial charge in [-0.05, 0) is 12.1 Å². The van der Waals surface area contributed by atoms with Crippen molar-refractivity contribution in [3.8, 4) is 6.07 Å². The van der Waals surface area contributed by atoms with E-state index in [1.807, 2.05) is 0 Å². The monoisotopic (exact) mass is 202 g/mol. The standard InChI is InChI=1S/C8H5F3N2O/c9-8(10,11)6-2-1-4-13(5-3-12)7(6)14/h1-2,4H,5H2.